The number of rotatable bonds is 7. The molecule has 3 rings (SSSR count). The number of nitrogens with two attached hydrogens (primary N) is 1. The van der Waals surface area contributed by atoms with E-state index < -0.39 is 0 Å². The highest BCUT2D eigenvalue weighted by Crippen LogP contribution is 2.24. The molecule has 0 atom stereocenters. The minimum absolute atomic E-state index is 0.0812. The minimum Gasteiger partial charge on any atom is -0.497 e. The van der Waals surface area contributed by atoms with Crippen molar-refractivity contribution in [2.24, 2.45) is 5.73 Å². The van der Waals surface area contributed by atoms with Gasteiger partial charge in [-0.05, 0) is 55.5 Å². The number of alkyl halides is 1. The normalized spacial score (nSPS) is 8.84. The second-order valence-corrected chi connectivity index (χ2v) is 8.62. The van der Waals surface area contributed by atoms with E-state index in [0.29, 0.717) is 17.3 Å². The number of thiocarbonyl (C=S) groups is 1. The summed E-state index contributed by atoms with van der Waals surface area (Å²) in [5.41, 5.74) is 7.57. The number of aromatic nitrogens is 1. The highest BCUT2D eigenvalue weighted by atomic mass is 79.9. The fourth-order valence-electron chi connectivity index (χ4n) is 2.29. The van der Waals surface area contributed by atoms with Crippen LogP contribution >= 0.6 is 39.5 Å². The summed E-state index contributed by atoms with van der Waals surface area (Å²) in [5.74, 6) is 1.68. The summed E-state index contributed by atoms with van der Waals surface area (Å²) in [6.45, 7) is 1.93. The summed E-state index contributed by atoms with van der Waals surface area (Å²) >= 11 is 8.97. The highest BCUT2D eigenvalue weighted by Gasteiger charge is 2.04. The Labute approximate surface area is 235 Å². The summed E-state index contributed by atoms with van der Waals surface area (Å²) < 4.78 is 10.0. The van der Waals surface area contributed by atoms with Gasteiger partial charge in [0.2, 0.25) is 0 Å². The molecule has 1 aromatic heterocycles. The molecule has 8 nitrogen and oxygen atoms in total. The van der Waals surface area contributed by atoms with Crippen molar-refractivity contribution in [2.75, 3.05) is 26.2 Å². The standard InChI is InChI=1S/C12H10N2OS.C9H9BrO2.C3H4N2S.C2H6O/c1-15-10-4-2-9(3-5-10)11-8-16-12(14-11)6-7-13;1-12-8-4-2-7(3-5-8)9(11)6-10;4-2-1-3(5)6;1-2-3/h2-5,8H,6H2,1H3;2-5H,6H2,1H3;1H2,(H2,5,6);3H,2H2,1H3. The number of Topliss-reactive ketones (excluding diaryl/α,β-unsaturated/α-hetero) is 1. The summed E-state index contributed by atoms with van der Waals surface area (Å²) in [4.78, 5) is 15.8. The predicted molar refractivity (Wildman–Crippen MR) is 154 cm³/mol. The number of methoxy groups -OCH3 is 2. The molecule has 11 heteroatoms. The Morgan fingerprint density at radius 1 is 1.08 bits per heavy atom. The van der Waals surface area contributed by atoms with Gasteiger partial charge >= 0.3 is 0 Å². The van der Waals surface area contributed by atoms with Gasteiger partial charge < -0.3 is 20.3 Å². The first kappa shape index (κ1) is 33.7. The molecule has 0 aliphatic rings. The first-order chi connectivity index (χ1) is 17.8. The van der Waals surface area contributed by atoms with Crippen molar-refractivity contribution < 1.29 is 19.4 Å². The smallest absolute Gasteiger partial charge is 0.173 e. The molecular weight excluding hydrogens is 576 g/mol. The van der Waals surface area contributed by atoms with Crippen molar-refractivity contribution in [3.8, 4) is 34.9 Å². The number of hydrogen-bond donors (Lipinski definition) is 2. The van der Waals surface area contributed by atoms with Crippen LogP contribution in [0.25, 0.3) is 11.3 Å². The fourth-order valence-corrected chi connectivity index (χ4v) is 3.41. The Bertz CT molecular complexity index is 1160. The van der Waals surface area contributed by atoms with Crippen LogP contribution in [-0.4, -0.2) is 47.0 Å². The Kier molecular flexibility index (Phi) is 18.9. The average molecular weight is 606 g/mol. The van der Waals surface area contributed by atoms with Crippen LogP contribution in [0.3, 0.4) is 0 Å². The van der Waals surface area contributed by atoms with Gasteiger partial charge in [0.1, 0.15) is 16.5 Å². The molecule has 0 bridgehead atoms. The minimum atomic E-state index is 0.0812. The number of ether oxygens (including phenoxy) is 2. The zero-order valence-electron chi connectivity index (χ0n) is 20.8. The molecular formula is C26H29BrN4O4S2. The molecule has 0 aliphatic heterocycles. The van der Waals surface area contributed by atoms with Gasteiger partial charge in [0, 0.05) is 23.1 Å². The van der Waals surface area contributed by atoms with Crippen LogP contribution in [0.4, 0.5) is 0 Å². The molecule has 0 aliphatic carbocycles. The predicted octanol–water partition coefficient (Wildman–Crippen LogP) is 5.34. The van der Waals surface area contributed by atoms with Crippen molar-refractivity contribution >= 4 is 50.3 Å². The Morgan fingerprint density at radius 2 is 1.59 bits per heavy atom. The number of halogens is 1. The topological polar surface area (TPSA) is 142 Å². The van der Waals surface area contributed by atoms with E-state index in [2.05, 4.69) is 39.2 Å². The van der Waals surface area contributed by atoms with Crippen molar-refractivity contribution in [2.45, 2.75) is 19.8 Å². The van der Waals surface area contributed by atoms with E-state index >= 15 is 0 Å². The molecule has 196 valence electrons. The van der Waals surface area contributed by atoms with Gasteiger partial charge in [-0.15, -0.1) is 11.3 Å². The van der Waals surface area contributed by atoms with Crippen molar-refractivity contribution in [1.82, 2.24) is 4.98 Å². The number of thiazole rings is 1. The molecule has 0 amide bonds. The Morgan fingerprint density at radius 3 is 1.97 bits per heavy atom. The first-order valence-corrected chi connectivity index (χ1v) is 13.2. The van der Waals surface area contributed by atoms with Crippen LogP contribution < -0.4 is 15.2 Å². The lowest BCUT2D eigenvalue weighted by Gasteiger charge is -2.00. The third kappa shape index (κ3) is 14.7. The number of nitrogens with zero attached hydrogens (tertiary/aromatic N) is 3. The van der Waals surface area contributed by atoms with Gasteiger partial charge in [0.25, 0.3) is 0 Å². The molecule has 3 N–H and O–H groups in total. The lowest BCUT2D eigenvalue weighted by molar-refractivity contribution is 0.102. The highest BCUT2D eigenvalue weighted by molar-refractivity contribution is 9.09. The number of aliphatic hydroxyl groups is 1. The Balaban J connectivity index is 0.000000543. The molecule has 0 saturated carbocycles. The zero-order chi connectivity index (χ0) is 28.1. The molecule has 0 fully saturated rings. The van der Waals surface area contributed by atoms with Crippen molar-refractivity contribution in [3.63, 3.8) is 0 Å². The molecule has 37 heavy (non-hydrogen) atoms. The fraction of sp³-hybridized carbons (Fsp3) is 0.269. The largest absolute Gasteiger partial charge is 0.497 e. The van der Waals surface area contributed by atoms with Crippen LogP contribution in [0.1, 0.15) is 28.7 Å². The number of carbonyl (C=O) groups excluding carboxylic acids is 1. The van der Waals surface area contributed by atoms with E-state index in [0.717, 1.165) is 27.8 Å². The number of nitriles is 2. The number of hydrogen-bond acceptors (Lipinski definition) is 9. The maximum atomic E-state index is 11.1. The van der Waals surface area contributed by atoms with Crippen LogP contribution in [0.5, 0.6) is 11.5 Å². The number of ketones is 1. The molecule has 2 aromatic carbocycles. The third-order valence-corrected chi connectivity index (χ3v) is 5.46. The van der Waals surface area contributed by atoms with E-state index in [1.54, 1.807) is 51.5 Å². The molecule has 0 spiro atoms. The Hall–Kier alpha value is -3.35. The monoisotopic (exact) mass is 604 g/mol. The van der Waals surface area contributed by atoms with Gasteiger partial charge in [-0.2, -0.15) is 10.5 Å². The first-order valence-electron chi connectivity index (χ1n) is 10.7. The van der Waals surface area contributed by atoms with Crippen LogP contribution in [0.2, 0.25) is 0 Å². The van der Waals surface area contributed by atoms with Crippen molar-refractivity contribution in [3.05, 3.63) is 64.5 Å². The molecule has 0 radical (unpaired) electrons. The molecule has 0 unspecified atom stereocenters. The second-order valence-electron chi connectivity index (χ2n) is 6.59. The van der Waals surface area contributed by atoms with Gasteiger partial charge in [-0.3, -0.25) is 4.79 Å². The van der Waals surface area contributed by atoms with E-state index in [4.69, 9.17) is 30.8 Å². The SMILES string of the molecule is CCO.COc1ccc(-c2csc(CC#N)n2)cc1.COc1ccc(C(=O)CBr)cc1.N#CCC(N)=S. The summed E-state index contributed by atoms with van der Waals surface area (Å²) in [6, 6.07) is 18.7. The molecule has 1 heterocycles. The van der Waals surface area contributed by atoms with E-state index in [1.807, 2.05) is 29.6 Å². The van der Waals surface area contributed by atoms with Crippen molar-refractivity contribution in [1.29, 1.82) is 10.5 Å². The van der Waals surface area contributed by atoms with Crippen LogP contribution in [0.15, 0.2) is 53.9 Å². The number of carbonyl (C=O) groups is 1. The van der Waals surface area contributed by atoms with Crippen LogP contribution in [-0.2, 0) is 6.42 Å². The summed E-state index contributed by atoms with van der Waals surface area (Å²) in [6.07, 6.45) is 0.566. The summed E-state index contributed by atoms with van der Waals surface area (Å²) in [5, 5.41) is 27.1. The average Bonchev–Trinajstić information content (AvgIpc) is 3.38. The second kappa shape index (κ2) is 20.8. The van der Waals surface area contributed by atoms with Gasteiger partial charge in [-0.1, -0.05) is 28.1 Å². The maximum Gasteiger partial charge on any atom is 0.173 e. The molecule has 0 saturated heterocycles. The van der Waals surface area contributed by atoms with Gasteiger partial charge in [0.15, 0.2) is 5.78 Å². The maximum absolute atomic E-state index is 11.1. The number of aliphatic hydroxyl groups excluding tert-OH is 1. The van der Waals surface area contributed by atoms with E-state index in [9.17, 15) is 4.79 Å². The lowest BCUT2D eigenvalue weighted by Crippen LogP contribution is -2.04. The van der Waals surface area contributed by atoms with E-state index in [-0.39, 0.29) is 23.8 Å². The lowest BCUT2D eigenvalue weighted by atomic mass is 10.1. The number of benzene rings is 2. The summed E-state index contributed by atoms with van der Waals surface area (Å²) in [7, 11) is 3.24. The van der Waals surface area contributed by atoms with Gasteiger partial charge in [-0.25, -0.2) is 4.98 Å². The quantitative estimate of drug-likeness (QED) is 0.207. The van der Waals surface area contributed by atoms with E-state index in [1.165, 1.54) is 11.3 Å². The van der Waals surface area contributed by atoms with Crippen LogP contribution in [0, 0.1) is 22.7 Å². The zero-order valence-corrected chi connectivity index (χ0v) is 24.0. The molecule has 3 aromatic rings. The van der Waals surface area contributed by atoms with Gasteiger partial charge in [0.05, 0.1) is 55.2 Å². The third-order valence-electron chi connectivity index (χ3n) is 3.95.